The average Bonchev–Trinajstić information content (AvgIpc) is 3.59. The molecule has 7 nitrogen and oxygen atoms in total. The van der Waals surface area contributed by atoms with E-state index in [4.69, 9.17) is 14.0 Å². The standard InChI is InChI=1S/C27H25N3O4/c1-32-20-12-13-24(33-2)23(16-20)19-14-15-30(17-19)27(31)22-11-7-6-10-21(22)26-28-25(29-34-26)18-8-4-3-5-9-18/h3-13,16,19H,14-15,17H2,1-2H3/t19-/m0/s1. The molecule has 1 fully saturated rings. The quantitative estimate of drug-likeness (QED) is 0.405. The Morgan fingerprint density at radius 1 is 1.00 bits per heavy atom. The van der Waals surface area contributed by atoms with Crippen LogP contribution >= 0.6 is 0 Å². The highest BCUT2D eigenvalue weighted by molar-refractivity contribution is 6.00. The normalized spacial score (nSPS) is 15.4. The number of ether oxygens (including phenoxy) is 2. The summed E-state index contributed by atoms with van der Waals surface area (Å²) < 4.78 is 16.5. The van der Waals surface area contributed by atoms with Gasteiger partial charge in [-0.3, -0.25) is 4.79 Å². The number of hydrogen-bond donors (Lipinski definition) is 0. The maximum absolute atomic E-state index is 13.6. The van der Waals surface area contributed by atoms with Crippen molar-refractivity contribution >= 4 is 5.91 Å². The number of benzene rings is 3. The second kappa shape index (κ2) is 9.39. The summed E-state index contributed by atoms with van der Waals surface area (Å²) in [6.07, 6.45) is 0.843. The molecule has 1 amide bonds. The number of rotatable bonds is 6. The number of likely N-dealkylation sites (tertiary alicyclic amines) is 1. The van der Waals surface area contributed by atoms with E-state index in [0.717, 1.165) is 29.0 Å². The van der Waals surface area contributed by atoms with E-state index in [9.17, 15) is 4.79 Å². The van der Waals surface area contributed by atoms with Crippen LogP contribution in [0.2, 0.25) is 0 Å². The molecule has 2 heterocycles. The highest BCUT2D eigenvalue weighted by atomic mass is 16.5. The molecule has 1 aliphatic heterocycles. The Balaban J connectivity index is 1.40. The first kappa shape index (κ1) is 21.7. The fourth-order valence-corrected chi connectivity index (χ4v) is 4.42. The van der Waals surface area contributed by atoms with Crippen LogP contribution in [-0.2, 0) is 0 Å². The summed E-state index contributed by atoms with van der Waals surface area (Å²) in [5.41, 5.74) is 3.08. The van der Waals surface area contributed by atoms with Crippen LogP contribution in [0.1, 0.15) is 28.3 Å². The number of carbonyl (C=O) groups excluding carboxylic acids is 1. The number of aromatic nitrogens is 2. The predicted molar refractivity (Wildman–Crippen MR) is 128 cm³/mol. The van der Waals surface area contributed by atoms with E-state index in [1.54, 1.807) is 14.2 Å². The Morgan fingerprint density at radius 3 is 2.59 bits per heavy atom. The van der Waals surface area contributed by atoms with Crippen LogP contribution in [0.5, 0.6) is 11.5 Å². The van der Waals surface area contributed by atoms with Crippen molar-refractivity contribution in [2.75, 3.05) is 27.3 Å². The third-order valence-electron chi connectivity index (χ3n) is 6.20. The molecule has 0 bridgehead atoms. The molecule has 5 rings (SSSR count). The van der Waals surface area contributed by atoms with Gasteiger partial charge in [-0.25, -0.2) is 0 Å². The first-order chi connectivity index (χ1) is 16.7. The van der Waals surface area contributed by atoms with Crippen LogP contribution < -0.4 is 9.47 Å². The van der Waals surface area contributed by atoms with Gasteiger partial charge in [0.05, 0.1) is 25.3 Å². The van der Waals surface area contributed by atoms with E-state index in [2.05, 4.69) is 10.1 Å². The molecule has 1 saturated heterocycles. The predicted octanol–water partition coefficient (Wildman–Crippen LogP) is 5.05. The van der Waals surface area contributed by atoms with E-state index in [0.29, 0.717) is 35.9 Å². The summed E-state index contributed by atoms with van der Waals surface area (Å²) in [5.74, 6) is 2.50. The minimum atomic E-state index is -0.0561. The van der Waals surface area contributed by atoms with Crippen molar-refractivity contribution < 1.29 is 18.8 Å². The fourth-order valence-electron chi connectivity index (χ4n) is 4.42. The molecule has 1 aliphatic rings. The minimum absolute atomic E-state index is 0.0561. The molecule has 0 spiro atoms. The topological polar surface area (TPSA) is 77.7 Å². The zero-order valence-corrected chi connectivity index (χ0v) is 19.1. The van der Waals surface area contributed by atoms with Crippen molar-refractivity contribution in [3.63, 3.8) is 0 Å². The highest BCUT2D eigenvalue weighted by Gasteiger charge is 2.31. The van der Waals surface area contributed by atoms with Crippen LogP contribution in [0.15, 0.2) is 77.3 Å². The lowest BCUT2D eigenvalue weighted by atomic mass is 9.97. The zero-order valence-electron chi connectivity index (χ0n) is 19.1. The lowest BCUT2D eigenvalue weighted by molar-refractivity contribution is 0.0791. The van der Waals surface area contributed by atoms with Gasteiger partial charge in [0.15, 0.2) is 0 Å². The smallest absolute Gasteiger partial charge is 0.259 e. The monoisotopic (exact) mass is 455 g/mol. The average molecular weight is 456 g/mol. The third-order valence-corrected chi connectivity index (χ3v) is 6.20. The molecule has 0 unspecified atom stereocenters. The molecular weight excluding hydrogens is 430 g/mol. The number of amides is 1. The Kier molecular flexibility index (Phi) is 5.99. The summed E-state index contributed by atoms with van der Waals surface area (Å²) in [7, 11) is 3.31. The van der Waals surface area contributed by atoms with Crippen molar-refractivity contribution in [3.05, 3.63) is 83.9 Å². The van der Waals surface area contributed by atoms with Gasteiger partial charge in [-0.2, -0.15) is 4.98 Å². The maximum Gasteiger partial charge on any atom is 0.259 e. The van der Waals surface area contributed by atoms with Gasteiger partial charge < -0.3 is 18.9 Å². The third kappa shape index (κ3) is 4.12. The Labute approximate surface area is 197 Å². The molecule has 1 atom stereocenters. The van der Waals surface area contributed by atoms with E-state index in [-0.39, 0.29) is 11.8 Å². The van der Waals surface area contributed by atoms with Crippen LogP contribution in [0.4, 0.5) is 0 Å². The number of carbonyl (C=O) groups is 1. The van der Waals surface area contributed by atoms with Crippen molar-refractivity contribution in [1.82, 2.24) is 15.0 Å². The SMILES string of the molecule is COc1ccc(OC)c([C@H]2CCN(C(=O)c3ccccc3-c3nc(-c4ccccc4)no3)C2)c1. The first-order valence-corrected chi connectivity index (χ1v) is 11.2. The van der Waals surface area contributed by atoms with E-state index < -0.39 is 0 Å². The molecule has 1 aromatic heterocycles. The number of methoxy groups -OCH3 is 2. The summed E-state index contributed by atoms with van der Waals surface area (Å²) in [5, 5.41) is 4.11. The summed E-state index contributed by atoms with van der Waals surface area (Å²) in [4.78, 5) is 20.0. The van der Waals surface area contributed by atoms with Gasteiger partial charge >= 0.3 is 0 Å². The molecular formula is C27H25N3O4. The lowest BCUT2D eigenvalue weighted by Gasteiger charge is -2.19. The summed E-state index contributed by atoms with van der Waals surface area (Å²) in [6, 6.07) is 22.8. The molecule has 3 aromatic carbocycles. The van der Waals surface area contributed by atoms with Gasteiger partial charge in [0.2, 0.25) is 5.82 Å². The van der Waals surface area contributed by atoms with Crippen molar-refractivity contribution in [2.45, 2.75) is 12.3 Å². The van der Waals surface area contributed by atoms with E-state index in [1.165, 1.54) is 0 Å². The molecule has 0 saturated carbocycles. The molecule has 34 heavy (non-hydrogen) atoms. The van der Waals surface area contributed by atoms with Crippen LogP contribution in [0.3, 0.4) is 0 Å². The number of hydrogen-bond acceptors (Lipinski definition) is 6. The first-order valence-electron chi connectivity index (χ1n) is 11.2. The van der Waals surface area contributed by atoms with Gasteiger partial charge in [-0.1, -0.05) is 47.6 Å². The molecule has 0 radical (unpaired) electrons. The molecule has 7 heteroatoms. The second-order valence-corrected chi connectivity index (χ2v) is 8.18. The molecule has 172 valence electrons. The Hall–Kier alpha value is -4.13. The fraction of sp³-hybridized carbons (Fsp3) is 0.222. The van der Waals surface area contributed by atoms with Crippen LogP contribution in [0, 0.1) is 0 Å². The summed E-state index contributed by atoms with van der Waals surface area (Å²) in [6.45, 7) is 1.24. The largest absolute Gasteiger partial charge is 0.497 e. The molecule has 0 N–H and O–H groups in total. The Morgan fingerprint density at radius 2 is 1.79 bits per heavy atom. The van der Waals surface area contributed by atoms with Gasteiger partial charge in [-0.15, -0.1) is 0 Å². The van der Waals surface area contributed by atoms with Gasteiger partial charge in [-0.05, 0) is 36.8 Å². The van der Waals surface area contributed by atoms with E-state index in [1.807, 2.05) is 77.7 Å². The summed E-state index contributed by atoms with van der Waals surface area (Å²) >= 11 is 0. The van der Waals surface area contributed by atoms with E-state index >= 15 is 0 Å². The highest BCUT2D eigenvalue weighted by Crippen LogP contribution is 2.37. The minimum Gasteiger partial charge on any atom is -0.497 e. The van der Waals surface area contributed by atoms with Crippen molar-refractivity contribution in [3.8, 4) is 34.3 Å². The van der Waals surface area contributed by atoms with Gasteiger partial charge in [0, 0.05) is 30.1 Å². The van der Waals surface area contributed by atoms with Gasteiger partial charge in [0.25, 0.3) is 11.8 Å². The Bertz CT molecular complexity index is 1300. The van der Waals surface area contributed by atoms with Crippen LogP contribution in [0.25, 0.3) is 22.8 Å². The number of nitrogens with zero attached hydrogens (tertiary/aromatic N) is 3. The van der Waals surface area contributed by atoms with Crippen LogP contribution in [-0.4, -0.2) is 48.3 Å². The molecule has 4 aromatic rings. The zero-order chi connectivity index (χ0) is 23.5. The maximum atomic E-state index is 13.6. The van der Waals surface area contributed by atoms with Crippen molar-refractivity contribution in [1.29, 1.82) is 0 Å². The van der Waals surface area contributed by atoms with Gasteiger partial charge in [0.1, 0.15) is 11.5 Å². The molecule has 0 aliphatic carbocycles. The lowest BCUT2D eigenvalue weighted by Crippen LogP contribution is -2.29. The van der Waals surface area contributed by atoms with Crippen molar-refractivity contribution in [2.24, 2.45) is 0 Å². The second-order valence-electron chi connectivity index (χ2n) is 8.18.